The number of benzene rings is 1. The number of hydrogen-bond donors (Lipinski definition) is 1. The van der Waals surface area contributed by atoms with Crippen LogP contribution in [-0.4, -0.2) is 25.2 Å². The van der Waals surface area contributed by atoms with Crippen LogP contribution in [-0.2, 0) is 0 Å². The molecule has 0 amide bonds. The number of fused-ring (bicyclic) bond motifs is 1. The fourth-order valence-corrected chi connectivity index (χ4v) is 2.93. The molecule has 0 unspecified atom stereocenters. The summed E-state index contributed by atoms with van der Waals surface area (Å²) in [6.07, 6.45) is 4.33. The minimum absolute atomic E-state index is 0.0382. The molecule has 2 N–H and O–H groups in total. The predicted molar refractivity (Wildman–Crippen MR) is 85.6 cm³/mol. The third-order valence-electron chi connectivity index (χ3n) is 4.43. The average Bonchev–Trinajstić information content (AvgIpc) is 2.46. The number of anilines is 1. The van der Waals surface area contributed by atoms with E-state index < -0.39 is 0 Å². The van der Waals surface area contributed by atoms with E-state index in [-0.39, 0.29) is 5.60 Å². The van der Waals surface area contributed by atoms with Crippen LogP contribution < -0.4 is 15.4 Å². The molecule has 2 rings (SSSR count). The van der Waals surface area contributed by atoms with Crippen LogP contribution in [0.4, 0.5) is 5.69 Å². The highest BCUT2D eigenvalue weighted by Crippen LogP contribution is 2.40. The van der Waals surface area contributed by atoms with E-state index in [4.69, 9.17) is 10.5 Å². The molecule has 20 heavy (non-hydrogen) atoms. The van der Waals surface area contributed by atoms with Crippen LogP contribution in [0.15, 0.2) is 18.2 Å². The normalized spacial score (nSPS) is 16.7. The quantitative estimate of drug-likeness (QED) is 0.808. The largest absolute Gasteiger partial charge is 0.483 e. The molecule has 0 spiro atoms. The second-order valence-corrected chi connectivity index (χ2v) is 5.88. The van der Waals surface area contributed by atoms with Crippen molar-refractivity contribution in [3.63, 3.8) is 0 Å². The van der Waals surface area contributed by atoms with Gasteiger partial charge in [0, 0.05) is 6.54 Å². The van der Waals surface area contributed by atoms with Crippen molar-refractivity contribution in [1.82, 2.24) is 0 Å². The zero-order valence-corrected chi connectivity index (χ0v) is 13.1. The van der Waals surface area contributed by atoms with E-state index in [1.807, 2.05) is 0 Å². The summed E-state index contributed by atoms with van der Waals surface area (Å²) >= 11 is 0. The predicted octanol–water partition coefficient (Wildman–Crippen LogP) is 3.49. The van der Waals surface area contributed by atoms with E-state index in [9.17, 15) is 0 Å². The van der Waals surface area contributed by atoms with Crippen LogP contribution in [0.5, 0.6) is 5.75 Å². The lowest BCUT2D eigenvalue weighted by Crippen LogP contribution is -2.50. The highest BCUT2D eigenvalue weighted by Gasteiger charge is 2.36. The molecule has 0 saturated carbocycles. The van der Waals surface area contributed by atoms with Gasteiger partial charge in [-0.15, -0.1) is 0 Å². The second kappa shape index (κ2) is 6.49. The number of rotatable bonds is 6. The Balaban J connectivity index is 2.26. The van der Waals surface area contributed by atoms with Crippen molar-refractivity contribution in [2.75, 3.05) is 24.5 Å². The Morgan fingerprint density at radius 2 is 2.00 bits per heavy atom. The third kappa shape index (κ3) is 3.09. The maximum atomic E-state index is 6.37. The van der Waals surface area contributed by atoms with Crippen LogP contribution in [0.25, 0.3) is 0 Å². The SMILES string of the molecule is CCC1(CC)CN(CCCCN)c2ccc(C)cc2O1. The molecule has 1 heterocycles. The van der Waals surface area contributed by atoms with Gasteiger partial charge in [0.15, 0.2) is 0 Å². The monoisotopic (exact) mass is 276 g/mol. The number of hydrogen-bond acceptors (Lipinski definition) is 3. The lowest BCUT2D eigenvalue weighted by molar-refractivity contribution is 0.0573. The fraction of sp³-hybridized carbons (Fsp3) is 0.647. The van der Waals surface area contributed by atoms with Crippen molar-refractivity contribution < 1.29 is 4.74 Å². The Labute approximate surface area is 123 Å². The third-order valence-corrected chi connectivity index (χ3v) is 4.43. The molecule has 1 aromatic rings. The molecule has 0 saturated heterocycles. The smallest absolute Gasteiger partial charge is 0.143 e. The maximum absolute atomic E-state index is 6.37. The minimum Gasteiger partial charge on any atom is -0.483 e. The molecule has 0 fully saturated rings. The first-order chi connectivity index (χ1) is 9.64. The average molecular weight is 276 g/mol. The number of aryl methyl sites for hydroxylation is 1. The molecule has 0 atom stereocenters. The van der Waals surface area contributed by atoms with E-state index in [2.05, 4.69) is 43.9 Å². The lowest BCUT2D eigenvalue weighted by Gasteiger charge is -2.44. The van der Waals surface area contributed by atoms with Crippen LogP contribution in [0.1, 0.15) is 45.1 Å². The van der Waals surface area contributed by atoms with Crippen LogP contribution in [0.2, 0.25) is 0 Å². The number of ether oxygens (including phenoxy) is 1. The fourth-order valence-electron chi connectivity index (χ4n) is 2.93. The van der Waals surface area contributed by atoms with Gasteiger partial charge in [-0.1, -0.05) is 19.9 Å². The van der Waals surface area contributed by atoms with Gasteiger partial charge in [0.25, 0.3) is 0 Å². The molecule has 3 nitrogen and oxygen atoms in total. The van der Waals surface area contributed by atoms with Gasteiger partial charge in [-0.05, 0) is 56.8 Å². The Morgan fingerprint density at radius 3 is 2.65 bits per heavy atom. The number of nitrogens with two attached hydrogens (primary N) is 1. The van der Waals surface area contributed by atoms with Crippen molar-refractivity contribution in [2.24, 2.45) is 5.73 Å². The molecule has 1 aliphatic heterocycles. The van der Waals surface area contributed by atoms with Gasteiger partial charge in [-0.3, -0.25) is 0 Å². The van der Waals surface area contributed by atoms with Crippen molar-refractivity contribution >= 4 is 5.69 Å². The summed E-state index contributed by atoms with van der Waals surface area (Å²) in [5.41, 5.74) is 8.08. The van der Waals surface area contributed by atoms with Gasteiger partial charge in [0.05, 0.1) is 12.2 Å². The lowest BCUT2D eigenvalue weighted by atomic mass is 9.93. The summed E-state index contributed by atoms with van der Waals surface area (Å²) in [7, 11) is 0. The number of unbranched alkanes of at least 4 members (excludes halogenated alkanes) is 1. The first kappa shape index (κ1) is 15.2. The standard InChI is InChI=1S/C17H28N2O/c1-4-17(5-2)13-19(11-7-6-10-18)15-9-8-14(3)12-16(15)20-17/h8-9,12H,4-7,10-11,13,18H2,1-3H3. The molecular weight excluding hydrogens is 248 g/mol. The van der Waals surface area contributed by atoms with E-state index in [1.165, 1.54) is 11.3 Å². The molecule has 0 aliphatic carbocycles. The summed E-state index contributed by atoms with van der Waals surface area (Å²) < 4.78 is 6.37. The van der Waals surface area contributed by atoms with Crippen molar-refractivity contribution in [2.45, 2.75) is 52.1 Å². The molecule has 112 valence electrons. The molecule has 0 bridgehead atoms. The van der Waals surface area contributed by atoms with Crippen molar-refractivity contribution in [3.8, 4) is 5.75 Å². The minimum atomic E-state index is -0.0382. The Morgan fingerprint density at radius 1 is 1.25 bits per heavy atom. The first-order valence-corrected chi connectivity index (χ1v) is 7.89. The van der Waals surface area contributed by atoms with Gasteiger partial charge < -0.3 is 15.4 Å². The first-order valence-electron chi connectivity index (χ1n) is 7.89. The Hall–Kier alpha value is -1.22. The van der Waals surface area contributed by atoms with Crippen molar-refractivity contribution in [1.29, 1.82) is 0 Å². The highest BCUT2D eigenvalue weighted by atomic mass is 16.5. The van der Waals surface area contributed by atoms with E-state index in [1.54, 1.807) is 0 Å². The Bertz CT molecular complexity index is 441. The number of nitrogens with zero attached hydrogens (tertiary/aromatic N) is 1. The molecule has 0 aromatic heterocycles. The molecule has 3 heteroatoms. The van der Waals surface area contributed by atoms with E-state index in [0.29, 0.717) is 0 Å². The maximum Gasteiger partial charge on any atom is 0.143 e. The molecule has 1 aliphatic rings. The Kier molecular flexibility index (Phi) is 4.92. The van der Waals surface area contributed by atoms with Crippen LogP contribution >= 0.6 is 0 Å². The van der Waals surface area contributed by atoms with Crippen LogP contribution in [0.3, 0.4) is 0 Å². The van der Waals surface area contributed by atoms with Gasteiger partial charge in [0.2, 0.25) is 0 Å². The summed E-state index contributed by atoms with van der Waals surface area (Å²) in [5, 5.41) is 0. The highest BCUT2D eigenvalue weighted by molar-refractivity contribution is 5.61. The second-order valence-electron chi connectivity index (χ2n) is 5.88. The zero-order valence-electron chi connectivity index (χ0n) is 13.1. The summed E-state index contributed by atoms with van der Waals surface area (Å²) in [5.74, 6) is 1.05. The molecule has 0 radical (unpaired) electrons. The molecular formula is C17H28N2O. The summed E-state index contributed by atoms with van der Waals surface area (Å²) in [6.45, 7) is 9.40. The summed E-state index contributed by atoms with van der Waals surface area (Å²) in [4.78, 5) is 2.49. The zero-order chi connectivity index (χ0) is 14.6. The summed E-state index contributed by atoms with van der Waals surface area (Å²) in [6, 6.07) is 6.54. The van der Waals surface area contributed by atoms with Crippen LogP contribution in [0, 0.1) is 6.92 Å². The van der Waals surface area contributed by atoms with Gasteiger partial charge in [0.1, 0.15) is 11.4 Å². The van der Waals surface area contributed by atoms with E-state index in [0.717, 1.165) is 51.1 Å². The van der Waals surface area contributed by atoms with Gasteiger partial charge in [-0.25, -0.2) is 0 Å². The van der Waals surface area contributed by atoms with Gasteiger partial charge >= 0.3 is 0 Å². The molecule has 1 aromatic carbocycles. The van der Waals surface area contributed by atoms with Crippen molar-refractivity contribution in [3.05, 3.63) is 23.8 Å². The topological polar surface area (TPSA) is 38.5 Å². The van der Waals surface area contributed by atoms with Gasteiger partial charge in [-0.2, -0.15) is 0 Å². The van der Waals surface area contributed by atoms with E-state index >= 15 is 0 Å².